The molecule has 0 saturated carbocycles. The molecule has 0 fully saturated rings. The molecule has 5 N–H and O–H groups in total. The molecule has 132 valence electrons. The van der Waals surface area contributed by atoms with E-state index in [1.165, 1.54) is 24.2 Å². The fourth-order valence-electron chi connectivity index (χ4n) is 2.39. The molecule has 0 saturated heterocycles. The molecule has 0 atom stereocenters. The largest absolute Gasteiger partial charge is 0.398 e. The maximum atomic E-state index is 6.02. The van der Waals surface area contributed by atoms with Crippen LogP contribution in [0.25, 0.3) is 10.3 Å². The normalized spacial score (nSPS) is 11.1. The quantitative estimate of drug-likeness (QED) is 0.235. The van der Waals surface area contributed by atoms with Gasteiger partial charge in [0, 0.05) is 18.0 Å². The average Bonchev–Trinajstić information content (AvgIpc) is 2.98. The summed E-state index contributed by atoms with van der Waals surface area (Å²) in [5.74, 6) is 1.77. The van der Waals surface area contributed by atoms with E-state index in [2.05, 4.69) is 27.2 Å². The number of nitrogens with zero attached hydrogens (tertiary/aromatic N) is 3. The van der Waals surface area contributed by atoms with Gasteiger partial charge in [0.05, 0.1) is 0 Å². The molecule has 0 amide bonds. The van der Waals surface area contributed by atoms with Crippen molar-refractivity contribution in [2.75, 3.05) is 22.5 Å². The Balaban J connectivity index is 1.80. The molecule has 1 aromatic carbocycles. The number of nitrogen functional groups attached to an aromatic ring is 2. The first-order valence-electron chi connectivity index (χ1n) is 8.31. The summed E-state index contributed by atoms with van der Waals surface area (Å²) >= 11 is 3.06. The summed E-state index contributed by atoms with van der Waals surface area (Å²) in [6.07, 6.45) is 3.58. The third-order valence-corrected chi connectivity index (χ3v) is 5.54. The van der Waals surface area contributed by atoms with Crippen LogP contribution < -0.4 is 16.8 Å². The van der Waals surface area contributed by atoms with Gasteiger partial charge in [0.25, 0.3) is 0 Å². The van der Waals surface area contributed by atoms with Gasteiger partial charge in [-0.1, -0.05) is 61.1 Å². The number of rotatable bonds is 8. The summed E-state index contributed by atoms with van der Waals surface area (Å²) < 4.78 is 0.880. The summed E-state index contributed by atoms with van der Waals surface area (Å²) in [5, 5.41) is 4.60. The maximum Gasteiger partial charge on any atom is 0.191 e. The van der Waals surface area contributed by atoms with Gasteiger partial charge in [-0.25, -0.2) is 15.0 Å². The molecule has 25 heavy (non-hydrogen) atoms. The van der Waals surface area contributed by atoms with Gasteiger partial charge in [-0.15, -0.1) is 0 Å². The number of anilines is 3. The van der Waals surface area contributed by atoms with E-state index in [1.54, 1.807) is 11.8 Å². The van der Waals surface area contributed by atoms with E-state index in [4.69, 9.17) is 11.5 Å². The van der Waals surface area contributed by atoms with Gasteiger partial charge < -0.3 is 16.8 Å². The van der Waals surface area contributed by atoms with E-state index in [-0.39, 0.29) is 0 Å². The van der Waals surface area contributed by atoms with Crippen LogP contribution in [0.15, 0.2) is 29.4 Å². The van der Waals surface area contributed by atoms with E-state index in [9.17, 15) is 0 Å². The molecular weight excluding hydrogens is 352 g/mol. The van der Waals surface area contributed by atoms with Gasteiger partial charge in [0.2, 0.25) is 0 Å². The first-order valence-corrected chi connectivity index (χ1v) is 10.1. The Kier molecular flexibility index (Phi) is 5.93. The Labute approximate surface area is 155 Å². The Morgan fingerprint density at radius 2 is 1.96 bits per heavy atom. The molecule has 2 heterocycles. The fraction of sp³-hybridized carbons (Fsp3) is 0.353. The third kappa shape index (κ3) is 4.52. The van der Waals surface area contributed by atoms with Gasteiger partial charge in [0.1, 0.15) is 4.70 Å². The Bertz CT molecular complexity index is 848. The Morgan fingerprint density at radius 3 is 2.76 bits per heavy atom. The van der Waals surface area contributed by atoms with Gasteiger partial charge in [-0.2, -0.15) is 0 Å². The van der Waals surface area contributed by atoms with Crippen LogP contribution in [0.1, 0.15) is 31.7 Å². The number of nitrogens with one attached hydrogen (secondary N) is 1. The summed E-state index contributed by atoms with van der Waals surface area (Å²) in [5.41, 5.74) is 14.3. The van der Waals surface area contributed by atoms with E-state index in [0.29, 0.717) is 17.3 Å². The molecule has 3 aromatic rings. The smallest absolute Gasteiger partial charge is 0.191 e. The van der Waals surface area contributed by atoms with Gasteiger partial charge in [-0.3, -0.25) is 0 Å². The minimum atomic E-state index is 0.500. The standard InChI is InChI=1S/C17H22N6S2/c1-2-3-6-9-24-17-22-14(13-15(23-17)21-16(19)25-13)20-10-11-7-4-5-8-12(11)18/h4-5,7-8H,2-3,6,9-10,18H2,1H3,(H3,19,20,21,22,23). The minimum Gasteiger partial charge on any atom is -0.398 e. The number of unbranched alkanes of at least 4 members (excludes halogenated alkanes) is 2. The zero-order valence-electron chi connectivity index (χ0n) is 14.2. The molecule has 0 unspecified atom stereocenters. The number of benzene rings is 1. The van der Waals surface area contributed by atoms with Gasteiger partial charge in [0.15, 0.2) is 21.8 Å². The van der Waals surface area contributed by atoms with Crippen molar-refractivity contribution in [2.24, 2.45) is 0 Å². The minimum absolute atomic E-state index is 0.500. The van der Waals surface area contributed by atoms with Crippen molar-refractivity contribution in [2.45, 2.75) is 37.9 Å². The van der Waals surface area contributed by atoms with E-state index in [0.717, 1.165) is 39.1 Å². The van der Waals surface area contributed by atoms with Crippen LogP contribution in [-0.4, -0.2) is 20.7 Å². The molecule has 0 bridgehead atoms. The van der Waals surface area contributed by atoms with Crippen LogP contribution in [0.5, 0.6) is 0 Å². The molecule has 0 radical (unpaired) electrons. The topological polar surface area (TPSA) is 103 Å². The number of para-hydroxylation sites is 1. The van der Waals surface area contributed by atoms with Crippen molar-refractivity contribution >= 4 is 50.1 Å². The number of hydrogen-bond acceptors (Lipinski definition) is 8. The lowest BCUT2D eigenvalue weighted by molar-refractivity contribution is 0.777. The molecule has 2 aromatic heterocycles. The first kappa shape index (κ1) is 17.8. The molecule has 6 nitrogen and oxygen atoms in total. The Morgan fingerprint density at radius 1 is 1.12 bits per heavy atom. The lowest BCUT2D eigenvalue weighted by Gasteiger charge is -2.09. The predicted molar refractivity (Wildman–Crippen MR) is 108 cm³/mol. The second kappa shape index (κ2) is 8.35. The number of nitrogens with two attached hydrogens (primary N) is 2. The summed E-state index contributed by atoms with van der Waals surface area (Å²) in [6, 6.07) is 7.80. The molecule has 0 aliphatic rings. The lowest BCUT2D eigenvalue weighted by atomic mass is 10.2. The zero-order chi connectivity index (χ0) is 17.6. The van der Waals surface area contributed by atoms with Gasteiger partial charge >= 0.3 is 0 Å². The average molecular weight is 375 g/mol. The van der Waals surface area contributed by atoms with Crippen molar-refractivity contribution in [3.8, 4) is 0 Å². The number of hydrogen-bond donors (Lipinski definition) is 3. The number of fused-ring (bicyclic) bond motifs is 1. The maximum absolute atomic E-state index is 6.02. The van der Waals surface area contributed by atoms with E-state index < -0.39 is 0 Å². The van der Waals surface area contributed by atoms with Crippen molar-refractivity contribution < 1.29 is 0 Å². The van der Waals surface area contributed by atoms with Crippen LogP contribution in [0, 0.1) is 0 Å². The zero-order valence-corrected chi connectivity index (χ0v) is 15.8. The van der Waals surface area contributed by atoms with Crippen LogP contribution in [0.3, 0.4) is 0 Å². The summed E-state index contributed by atoms with van der Waals surface area (Å²) in [4.78, 5) is 13.5. The monoisotopic (exact) mass is 374 g/mol. The third-order valence-electron chi connectivity index (χ3n) is 3.73. The van der Waals surface area contributed by atoms with E-state index in [1.807, 2.05) is 24.3 Å². The van der Waals surface area contributed by atoms with Crippen LogP contribution in [-0.2, 0) is 6.54 Å². The highest BCUT2D eigenvalue weighted by Crippen LogP contribution is 2.31. The number of thioether (sulfide) groups is 1. The first-order chi connectivity index (χ1) is 12.2. The van der Waals surface area contributed by atoms with E-state index >= 15 is 0 Å². The molecule has 0 aliphatic heterocycles. The number of aromatic nitrogens is 3. The number of thiazole rings is 1. The highest BCUT2D eigenvalue weighted by atomic mass is 32.2. The van der Waals surface area contributed by atoms with Crippen LogP contribution in [0.4, 0.5) is 16.6 Å². The summed E-state index contributed by atoms with van der Waals surface area (Å²) in [6.45, 7) is 2.79. The van der Waals surface area contributed by atoms with Crippen molar-refractivity contribution in [1.29, 1.82) is 0 Å². The molecule has 3 rings (SSSR count). The van der Waals surface area contributed by atoms with Gasteiger partial charge in [-0.05, 0) is 18.1 Å². The molecular formula is C17H22N6S2. The van der Waals surface area contributed by atoms with Crippen LogP contribution in [0.2, 0.25) is 0 Å². The van der Waals surface area contributed by atoms with Crippen molar-refractivity contribution in [3.63, 3.8) is 0 Å². The SMILES string of the molecule is CCCCCSc1nc(NCc2ccccc2N)c2sc(N)nc2n1. The second-order valence-electron chi connectivity index (χ2n) is 5.67. The fourth-order valence-corrected chi connectivity index (χ4v) is 3.97. The highest BCUT2D eigenvalue weighted by molar-refractivity contribution is 7.99. The lowest BCUT2D eigenvalue weighted by Crippen LogP contribution is -2.05. The highest BCUT2D eigenvalue weighted by Gasteiger charge is 2.13. The van der Waals surface area contributed by atoms with Crippen molar-refractivity contribution in [3.05, 3.63) is 29.8 Å². The summed E-state index contributed by atoms with van der Waals surface area (Å²) in [7, 11) is 0. The van der Waals surface area contributed by atoms with Crippen LogP contribution >= 0.6 is 23.1 Å². The second-order valence-corrected chi connectivity index (χ2v) is 7.76. The predicted octanol–water partition coefficient (Wildman–Crippen LogP) is 4.15. The Hall–Kier alpha value is -2.06. The molecule has 0 aliphatic carbocycles. The van der Waals surface area contributed by atoms with Crippen molar-refractivity contribution in [1.82, 2.24) is 15.0 Å². The molecule has 8 heteroatoms. The molecule has 0 spiro atoms.